The Hall–Kier alpha value is -2.34. The molecule has 0 saturated carbocycles. The third-order valence-corrected chi connectivity index (χ3v) is 5.75. The number of halogens is 1. The van der Waals surface area contributed by atoms with Gasteiger partial charge in [-0.2, -0.15) is 5.10 Å². The van der Waals surface area contributed by atoms with Gasteiger partial charge in [0.15, 0.2) is 5.69 Å². The molecule has 2 aromatic heterocycles. The Kier molecular flexibility index (Phi) is 4.44. The largest absolute Gasteiger partial charge is 0.361 e. The number of H-pyrrole nitrogens is 2. The van der Waals surface area contributed by atoms with E-state index in [1.165, 1.54) is 16.5 Å². The van der Waals surface area contributed by atoms with Crippen molar-refractivity contribution in [2.24, 2.45) is 0 Å². The minimum absolute atomic E-state index is 0.0331. The van der Waals surface area contributed by atoms with Crippen LogP contribution in [-0.2, 0) is 0 Å². The van der Waals surface area contributed by atoms with Crippen molar-refractivity contribution in [3.8, 4) is 0 Å². The van der Waals surface area contributed by atoms with Crippen LogP contribution in [0.5, 0.6) is 0 Å². The van der Waals surface area contributed by atoms with Gasteiger partial charge in [-0.05, 0) is 39.9 Å². The first kappa shape index (κ1) is 17.1. The molecular formula is C20H21BrN4O. The van der Waals surface area contributed by atoms with E-state index in [1.54, 1.807) is 0 Å². The fourth-order valence-electron chi connectivity index (χ4n) is 3.45. The van der Waals surface area contributed by atoms with Crippen molar-refractivity contribution in [2.75, 3.05) is 13.1 Å². The van der Waals surface area contributed by atoms with E-state index in [1.807, 2.05) is 11.0 Å². The van der Waals surface area contributed by atoms with Crippen LogP contribution in [0.15, 0.2) is 41.0 Å². The van der Waals surface area contributed by atoms with E-state index in [2.05, 4.69) is 75.4 Å². The SMILES string of the molecule is CC(C)c1[nH]nc(C(=O)N2CC=C(c3c[nH]c4ccccc34)CC2)c1Br. The van der Waals surface area contributed by atoms with Crippen LogP contribution in [-0.4, -0.2) is 39.1 Å². The fraction of sp³-hybridized carbons (Fsp3) is 0.300. The van der Waals surface area contributed by atoms with E-state index >= 15 is 0 Å². The summed E-state index contributed by atoms with van der Waals surface area (Å²) >= 11 is 3.53. The normalized spacial score (nSPS) is 14.9. The molecule has 0 unspecified atom stereocenters. The Morgan fingerprint density at radius 3 is 2.81 bits per heavy atom. The predicted molar refractivity (Wildman–Crippen MR) is 107 cm³/mol. The standard InChI is InChI=1S/C20H21BrN4O/c1-12(2)18-17(21)19(24-23-18)20(26)25-9-7-13(8-10-25)15-11-22-16-6-4-3-5-14(15)16/h3-7,11-12,22H,8-10H2,1-2H3,(H,23,24). The van der Waals surface area contributed by atoms with Crippen LogP contribution >= 0.6 is 15.9 Å². The number of para-hydroxylation sites is 1. The van der Waals surface area contributed by atoms with E-state index in [0.29, 0.717) is 18.8 Å². The van der Waals surface area contributed by atoms with Crippen molar-refractivity contribution in [1.29, 1.82) is 0 Å². The number of nitrogens with zero attached hydrogens (tertiary/aromatic N) is 2. The average Bonchev–Trinajstić information content (AvgIpc) is 3.25. The Bertz CT molecular complexity index is 998. The maximum atomic E-state index is 12.8. The molecule has 3 heterocycles. The number of hydrogen-bond acceptors (Lipinski definition) is 2. The van der Waals surface area contributed by atoms with Gasteiger partial charge in [0.2, 0.25) is 0 Å². The minimum Gasteiger partial charge on any atom is -0.361 e. The van der Waals surface area contributed by atoms with Crippen LogP contribution in [0, 0.1) is 0 Å². The summed E-state index contributed by atoms with van der Waals surface area (Å²) in [6, 6.07) is 8.30. The van der Waals surface area contributed by atoms with Crippen molar-refractivity contribution in [3.63, 3.8) is 0 Å². The van der Waals surface area contributed by atoms with E-state index in [9.17, 15) is 4.79 Å². The van der Waals surface area contributed by atoms with Crippen LogP contribution in [0.3, 0.4) is 0 Å². The third-order valence-electron chi connectivity index (χ3n) is 4.94. The van der Waals surface area contributed by atoms with Crippen LogP contribution in [0.1, 0.15) is 47.9 Å². The molecule has 0 spiro atoms. The monoisotopic (exact) mass is 412 g/mol. The number of carbonyl (C=O) groups is 1. The van der Waals surface area contributed by atoms with Gasteiger partial charge in [0, 0.05) is 35.8 Å². The number of carbonyl (C=O) groups excluding carboxylic acids is 1. The van der Waals surface area contributed by atoms with Crippen molar-refractivity contribution < 1.29 is 4.79 Å². The van der Waals surface area contributed by atoms with E-state index in [4.69, 9.17) is 0 Å². The van der Waals surface area contributed by atoms with Gasteiger partial charge < -0.3 is 9.88 Å². The second-order valence-corrected chi connectivity index (χ2v) is 7.73. The average molecular weight is 413 g/mol. The molecule has 1 aliphatic heterocycles. The second kappa shape index (κ2) is 6.76. The van der Waals surface area contributed by atoms with Gasteiger partial charge in [0.1, 0.15) is 0 Å². The molecule has 134 valence electrons. The van der Waals surface area contributed by atoms with Crippen molar-refractivity contribution >= 4 is 38.3 Å². The summed E-state index contributed by atoms with van der Waals surface area (Å²) in [6.07, 6.45) is 5.06. The van der Waals surface area contributed by atoms with E-state index in [-0.39, 0.29) is 11.8 Å². The number of benzene rings is 1. The topological polar surface area (TPSA) is 64.8 Å². The molecule has 26 heavy (non-hydrogen) atoms. The summed E-state index contributed by atoms with van der Waals surface area (Å²) in [7, 11) is 0. The molecule has 1 amide bonds. The summed E-state index contributed by atoms with van der Waals surface area (Å²) < 4.78 is 0.781. The Morgan fingerprint density at radius 2 is 2.12 bits per heavy atom. The van der Waals surface area contributed by atoms with Gasteiger partial charge in [0.05, 0.1) is 10.2 Å². The van der Waals surface area contributed by atoms with Gasteiger partial charge in [0.25, 0.3) is 5.91 Å². The highest BCUT2D eigenvalue weighted by molar-refractivity contribution is 9.10. The lowest BCUT2D eigenvalue weighted by atomic mass is 9.99. The first-order valence-electron chi connectivity index (χ1n) is 8.84. The van der Waals surface area contributed by atoms with Gasteiger partial charge >= 0.3 is 0 Å². The Balaban J connectivity index is 1.55. The van der Waals surface area contributed by atoms with Crippen molar-refractivity contribution in [1.82, 2.24) is 20.1 Å². The highest BCUT2D eigenvalue weighted by Crippen LogP contribution is 2.31. The molecule has 0 atom stereocenters. The number of aromatic nitrogens is 3. The zero-order chi connectivity index (χ0) is 18.3. The Labute approximate surface area is 160 Å². The highest BCUT2D eigenvalue weighted by Gasteiger charge is 2.26. The smallest absolute Gasteiger partial charge is 0.275 e. The molecule has 5 nitrogen and oxygen atoms in total. The summed E-state index contributed by atoms with van der Waals surface area (Å²) in [5, 5.41) is 8.45. The van der Waals surface area contributed by atoms with Gasteiger partial charge in [-0.15, -0.1) is 0 Å². The quantitative estimate of drug-likeness (QED) is 0.654. The molecule has 0 aliphatic carbocycles. The molecule has 2 N–H and O–H groups in total. The third kappa shape index (κ3) is 2.88. The van der Waals surface area contributed by atoms with Gasteiger partial charge in [-0.3, -0.25) is 9.89 Å². The zero-order valence-electron chi connectivity index (χ0n) is 14.8. The first-order chi connectivity index (χ1) is 12.6. The second-order valence-electron chi connectivity index (χ2n) is 6.93. The maximum absolute atomic E-state index is 12.8. The predicted octanol–water partition coefficient (Wildman–Crippen LogP) is 4.71. The molecule has 0 fully saturated rings. The molecule has 1 aromatic carbocycles. The maximum Gasteiger partial charge on any atom is 0.275 e. The summed E-state index contributed by atoms with van der Waals surface area (Å²) in [4.78, 5) is 18.0. The number of nitrogens with one attached hydrogen (secondary N) is 2. The molecule has 1 aliphatic rings. The van der Waals surface area contributed by atoms with Gasteiger partial charge in [-0.25, -0.2) is 0 Å². The molecule has 4 rings (SSSR count). The molecule has 0 bridgehead atoms. The van der Waals surface area contributed by atoms with Crippen LogP contribution < -0.4 is 0 Å². The summed E-state index contributed by atoms with van der Waals surface area (Å²) in [5.41, 5.74) is 5.09. The fourth-order valence-corrected chi connectivity index (χ4v) is 4.26. The number of rotatable bonds is 3. The lowest BCUT2D eigenvalue weighted by molar-refractivity contribution is 0.0766. The molecule has 0 saturated heterocycles. The molecule has 0 radical (unpaired) electrons. The van der Waals surface area contributed by atoms with Crippen LogP contribution in [0.25, 0.3) is 16.5 Å². The van der Waals surface area contributed by atoms with E-state index in [0.717, 1.165) is 22.1 Å². The number of amides is 1. The number of aromatic amines is 2. The first-order valence-corrected chi connectivity index (χ1v) is 9.64. The summed E-state index contributed by atoms with van der Waals surface area (Å²) in [5.74, 6) is 0.252. The number of fused-ring (bicyclic) bond motifs is 1. The molecule has 6 heteroatoms. The molecular weight excluding hydrogens is 392 g/mol. The van der Waals surface area contributed by atoms with Crippen molar-refractivity contribution in [2.45, 2.75) is 26.2 Å². The highest BCUT2D eigenvalue weighted by atomic mass is 79.9. The Morgan fingerprint density at radius 1 is 1.31 bits per heavy atom. The van der Waals surface area contributed by atoms with Gasteiger partial charge in [-0.1, -0.05) is 38.1 Å². The van der Waals surface area contributed by atoms with Crippen LogP contribution in [0.2, 0.25) is 0 Å². The lowest BCUT2D eigenvalue weighted by Gasteiger charge is -2.26. The number of hydrogen-bond donors (Lipinski definition) is 2. The summed E-state index contributed by atoms with van der Waals surface area (Å²) in [6.45, 7) is 5.44. The van der Waals surface area contributed by atoms with Crippen LogP contribution in [0.4, 0.5) is 0 Å². The lowest BCUT2D eigenvalue weighted by Crippen LogP contribution is -2.35. The van der Waals surface area contributed by atoms with Crippen molar-refractivity contribution in [3.05, 3.63) is 58.0 Å². The van der Waals surface area contributed by atoms with E-state index < -0.39 is 0 Å². The zero-order valence-corrected chi connectivity index (χ0v) is 16.4. The molecule has 3 aromatic rings. The minimum atomic E-state index is -0.0331.